The van der Waals surface area contributed by atoms with Gasteiger partial charge in [-0.25, -0.2) is 0 Å². The largest absolute Gasteiger partial charge is 0.322 e. The number of carbonyl (C=O) groups is 1. The molecular formula is C13H8BrClINO. The van der Waals surface area contributed by atoms with Crippen LogP contribution in [-0.4, -0.2) is 5.91 Å². The van der Waals surface area contributed by atoms with E-state index in [-0.39, 0.29) is 5.91 Å². The van der Waals surface area contributed by atoms with Crippen LogP contribution in [0.5, 0.6) is 0 Å². The van der Waals surface area contributed by atoms with Gasteiger partial charge in [-0.15, -0.1) is 0 Å². The van der Waals surface area contributed by atoms with Gasteiger partial charge in [0.2, 0.25) is 0 Å². The lowest BCUT2D eigenvalue weighted by molar-refractivity contribution is 0.102. The number of rotatable bonds is 2. The summed E-state index contributed by atoms with van der Waals surface area (Å²) in [5.41, 5.74) is 1.36. The Balaban J connectivity index is 2.21. The lowest BCUT2D eigenvalue weighted by Gasteiger charge is -2.07. The highest BCUT2D eigenvalue weighted by Gasteiger charge is 2.10. The van der Waals surface area contributed by atoms with Crippen molar-refractivity contribution >= 4 is 61.7 Å². The zero-order chi connectivity index (χ0) is 13.1. The SMILES string of the molecule is O=C(Nc1ccc(Cl)cc1)c1cc(Br)ccc1I. The second kappa shape index (κ2) is 6.04. The topological polar surface area (TPSA) is 29.1 Å². The summed E-state index contributed by atoms with van der Waals surface area (Å²) in [5.74, 6) is -0.136. The number of halogens is 3. The van der Waals surface area contributed by atoms with E-state index in [1.54, 1.807) is 30.3 Å². The van der Waals surface area contributed by atoms with Crippen molar-refractivity contribution in [1.82, 2.24) is 0 Å². The maximum absolute atomic E-state index is 12.1. The minimum atomic E-state index is -0.136. The van der Waals surface area contributed by atoms with Gasteiger partial charge >= 0.3 is 0 Å². The Bertz CT molecular complexity index is 586. The quantitative estimate of drug-likeness (QED) is 0.663. The highest BCUT2D eigenvalue weighted by atomic mass is 127. The first kappa shape index (κ1) is 13.8. The number of carbonyl (C=O) groups excluding carboxylic acids is 1. The molecule has 1 amide bonds. The van der Waals surface area contributed by atoms with Crippen molar-refractivity contribution < 1.29 is 4.79 Å². The monoisotopic (exact) mass is 435 g/mol. The van der Waals surface area contributed by atoms with Gasteiger partial charge in [-0.1, -0.05) is 27.5 Å². The van der Waals surface area contributed by atoms with Crippen molar-refractivity contribution in [3.8, 4) is 0 Å². The third kappa shape index (κ3) is 3.46. The predicted octanol–water partition coefficient (Wildman–Crippen LogP) is 4.96. The molecule has 0 aliphatic carbocycles. The third-order valence-electron chi connectivity index (χ3n) is 2.28. The summed E-state index contributed by atoms with van der Waals surface area (Å²) >= 11 is 11.3. The smallest absolute Gasteiger partial charge is 0.256 e. The van der Waals surface area contributed by atoms with E-state index in [4.69, 9.17) is 11.6 Å². The number of hydrogen-bond acceptors (Lipinski definition) is 1. The van der Waals surface area contributed by atoms with Crippen LogP contribution in [0.4, 0.5) is 5.69 Å². The van der Waals surface area contributed by atoms with Crippen molar-refractivity contribution in [2.24, 2.45) is 0 Å². The minimum absolute atomic E-state index is 0.136. The summed E-state index contributed by atoms with van der Waals surface area (Å²) in [4.78, 5) is 12.1. The lowest BCUT2D eigenvalue weighted by atomic mass is 10.2. The lowest BCUT2D eigenvalue weighted by Crippen LogP contribution is -2.13. The molecule has 0 heterocycles. The molecule has 2 aromatic rings. The van der Waals surface area contributed by atoms with Crippen LogP contribution in [0.3, 0.4) is 0 Å². The average Bonchev–Trinajstić information content (AvgIpc) is 2.35. The van der Waals surface area contributed by atoms with E-state index < -0.39 is 0 Å². The molecule has 0 spiro atoms. The molecule has 92 valence electrons. The summed E-state index contributed by atoms with van der Waals surface area (Å²) in [6.07, 6.45) is 0. The number of amides is 1. The van der Waals surface area contributed by atoms with Gasteiger partial charge in [-0.3, -0.25) is 4.79 Å². The normalized spacial score (nSPS) is 10.2. The van der Waals surface area contributed by atoms with E-state index in [0.717, 1.165) is 13.7 Å². The Hall–Kier alpha value is -0.590. The molecule has 0 bridgehead atoms. The third-order valence-corrected chi connectivity index (χ3v) is 3.96. The molecule has 1 N–H and O–H groups in total. The molecule has 18 heavy (non-hydrogen) atoms. The van der Waals surface area contributed by atoms with E-state index in [1.807, 2.05) is 12.1 Å². The van der Waals surface area contributed by atoms with Crippen LogP contribution in [0, 0.1) is 3.57 Å². The van der Waals surface area contributed by atoms with E-state index in [2.05, 4.69) is 43.8 Å². The molecule has 0 atom stereocenters. The second-order valence-corrected chi connectivity index (χ2v) is 6.10. The second-order valence-electron chi connectivity index (χ2n) is 3.59. The first-order chi connectivity index (χ1) is 8.56. The van der Waals surface area contributed by atoms with Crippen LogP contribution in [0.15, 0.2) is 46.9 Å². The number of benzene rings is 2. The average molecular weight is 436 g/mol. The van der Waals surface area contributed by atoms with E-state index >= 15 is 0 Å². The van der Waals surface area contributed by atoms with Gasteiger partial charge in [0.05, 0.1) is 5.56 Å². The van der Waals surface area contributed by atoms with Crippen LogP contribution in [0.25, 0.3) is 0 Å². The molecule has 0 aromatic heterocycles. The molecular weight excluding hydrogens is 428 g/mol. The van der Waals surface area contributed by atoms with Crippen LogP contribution >= 0.6 is 50.1 Å². The van der Waals surface area contributed by atoms with Gasteiger partial charge in [-0.05, 0) is 65.1 Å². The van der Waals surface area contributed by atoms with Crippen LogP contribution < -0.4 is 5.32 Å². The molecule has 0 fully saturated rings. The van der Waals surface area contributed by atoms with Crippen molar-refractivity contribution in [1.29, 1.82) is 0 Å². The Labute approximate surface area is 132 Å². The Morgan fingerprint density at radius 1 is 1.17 bits per heavy atom. The maximum atomic E-state index is 12.1. The van der Waals surface area contributed by atoms with Crippen molar-refractivity contribution in [3.05, 3.63) is 61.1 Å². The van der Waals surface area contributed by atoms with E-state index in [1.165, 1.54) is 0 Å². The number of hydrogen-bond donors (Lipinski definition) is 1. The summed E-state index contributed by atoms with van der Waals surface area (Å²) in [5, 5.41) is 3.47. The van der Waals surface area contributed by atoms with Crippen LogP contribution in [-0.2, 0) is 0 Å². The molecule has 0 saturated carbocycles. The molecule has 0 aliphatic heterocycles. The number of anilines is 1. The van der Waals surface area contributed by atoms with Gasteiger partial charge in [-0.2, -0.15) is 0 Å². The summed E-state index contributed by atoms with van der Waals surface area (Å²) in [7, 11) is 0. The summed E-state index contributed by atoms with van der Waals surface area (Å²) in [6, 6.07) is 12.6. The standard InChI is InChI=1S/C13H8BrClINO/c14-8-1-6-12(16)11(7-8)13(18)17-10-4-2-9(15)3-5-10/h1-7H,(H,17,18). The molecule has 5 heteroatoms. The van der Waals surface area contributed by atoms with Gasteiger partial charge < -0.3 is 5.32 Å². The molecule has 2 nitrogen and oxygen atoms in total. The van der Waals surface area contributed by atoms with Gasteiger partial charge in [0.15, 0.2) is 0 Å². The molecule has 0 aliphatic rings. The molecule has 2 rings (SSSR count). The Kier molecular flexibility index (Phi) is 4.64. The van der Waals surface area contributed by atoms with Crippen molar-refractivity contribution in [3.63, 3.8) is 0 Å². The van der Waals surface area contributed by atoms with Crippen LogP contribution in [0.1, 0.15) is 10.4 Å². The fourth-order valence-electron chi connectivity index (χ4n) is 1.40. The number of nitrogens with one attached hydrogen (secondary N) is 1. The van der Waals surface area contributed by atoms with E-state index in [0.29, 0.717) is 10.6 Å². The molecule has 0 saturated heterocycles. The first-order valence-electron chi connectivity index (χ1n) is 5.08. The predicted molar refractivity (Wildman–Crippen MR) is 86.3 cm³/mol. The fraction of sp³-hybridized carbons (Fsp3) is 0. The van der Waals surface area contributed by atoms with Gasteiger partial charge in [0.1, 0.15) is 0 Å². The zero-order valence-electron chi connectivity index (χ0n) is 9.08. The van der Waals surface area contributed by atoms with Gasteiger partial charge in [0, 0.05) is 18.8 Å². The highest BCUT2D eigenvalue weighted by molar-refractivity contribution is 14.1. The van der Waals surface area contributed by atoms with Crippen molar-refractivity contribution in [2.75, 3.05) is 5.32 Å². The first-order valence-corrected chi connectivity index (χ1v) is 7.33. The fourth-order valence-corrected chi connectivity index (χ4v) is 2.47. The zero-order valence-corrected chi connectivity index (χ0v) is 13.6. The van der Waals surface area contributed by atoms with E-state index in [9.17, 15) is 4.79 Å². The molecule has 0 radical (unpaired) electrons. The highest BCUT2D eigenvalue weighted by Crippen LogP contribution is 2.20. The van der Waals surface area contributed by atoms with Crippen molar-refractivity contribution in [2.45, 2.75) is 0 Å². The maximum Gasteiger partial charge on any atom is 0.256 e. The Morgan fingerprint density at radius 3 is 2.50 bits per heavy atom. The Morgan fingerprint density at radius 2 is 1.83 bits per heavy atom. The van der Waals surface area contributed by atoms with Gasteiger partial charge in [0.25, 0.3) is 5.91 Å². The molecule has 0 unspecified atom stereocenters. The summed E-state index contributed by atoms with van der Waals surface area (Å²) in [6.45, 7) is 0. The minimum Gasteiger partial charge on any atom is -0.322 e. The molecule has 2 aromatic carbocycles. The summed E-state index contributed by atoms with van der Waals surface area (Å²) < 4.78 is 1.78. The van der Waals surface area contributed by atoms with Crippen LogP contribution in [0.2, 0.25) is 5.02 Å².